The smallest absolute Gasteiger partial charge is 0.316 e. The number of carbonyl (C=O) groups is 3. The van der Waals surface area contributed by atoms with Crippen LogP contribution >= 0.6 is 0 Å². The molecule has 1 amide bonds. The van der Waals surface area contributed by atoms with E-state index in [1.165, 1.54) is 12.0 Å². The van der Waals surface area contributed by atoms with E-state index >= 15 is 0 Å². The van der Waals surface area contributed by atoms with Crippen LogP contribution in [-0.4, -0.2) is 47.7 Å². The van der Waals surface area contributed by atoms with Gasteiger partial charge in [0.2, 0.25) is 5.91 Å². The van der Waals surface area contributed by atoms with Gasteiger partial charge in [0.1, 0.15) is 5.92 Å². The minimum absolute atomic E-state index is 0.0131. The highest BCUT2D eigenvalue weighted by atomic mass is 16.5. The van der Waals surface area contributed by atoms with Crippen molar-refractivity contribution in [3.05, 3.63) is 30.1 Å². The van der Waals surface area contributed by atoms with Crippen LogP contribution in [0, 0.1) is 5.92 Å². The topological polar surface area (TPSA) is 76.6 Å². The Morgan fingerprint density at radius 3 is 2.86 bits per heavy atom. The SMILES string of the molecule is COC(=O)C1CCN(C(=O)CCc2ccccn2)CC1=O. The molecule has 1 atom stereocenters. The van der Waals surface area contributed by atoms with Crippen LogP contribution in [0.1, 0.15) is 18.5 Å². The summed E-state index contributed by atoms with van der Waals surface area (Å²) in [5.41, 5.74) is 0.849. The molecule has 0 aromatic carbocycles. The Hall–Kier alpha value is -2.24. The molecule has 0 radical (unpaired) electrons. The van der Waals surface area contributed by atoms with Gasteiger partial charge in [-0.15, -0.1) is 0 Å². The van der Waals surface area contributed by atoms with E-state index in [-0.39, 0.29) is 18.2 Å². The standard InChI is InChI=1S/C15H18N2O4/c1-21-15(20)12-7-9-17(10-13(12)18)14(19)6-5-11-4-2-3-8-16-11/h2-4,8,12H,5-7,9-10H2,1H3. The second-order valence-electron chi connectivity index (χ2n) is 4.97. The Morgan fingerprint density at radius 2 is 2.24 bits per heavy atom. The van der Waals surface area contributed by atoms with Gasteiger partial charge in [0.05, 0.1) is 13.7 Å². The first-order valence-corrected chi connectivity index (χ1v) is 6.90. The van der Waals surface area contributed by atoms with Crippen LogP contribution < -0.4 is 0 Å². The van der Waals surface area contributed by atoms with E-state index in [0.717, 1.165) is 5.69 Å². The highest BCUT2D eigenvalue weighted by Crippen LogP contribution is 2.16. The van der Waals surface area contributed by atoms with Crippen molar-refractivity contribution in [2.24, 2.45) is 5.92 Å². The molecule has 1 aliphatic heterocycles. The number of ketones is 1. The van der Waals surface area contributed by atoms with Crippen LogP contribution in [0.3, 0.4) is 0 Å². The fraction of sp³-hybridized carbons (Fsp3) is 0.467. The summed E-state index contributed by atoms with van der Waals surface area (Å²) in [7, 11) is 1.26. The molecule has 2 rings (SSSR count). The molecular formula is C15H18N2O4. The molecule has 2 heterocycles. The monoisotopic (exact) mass is 290 g/mol. The van der Waals surface area contributed by atoms with Crippen LogP contribution in [0.2, 0.25) is 0 Å². The van der Waals surface area contributed by atoms with Crippen molar-refractivity contribution in [2.45, 2.75) is 19.3 Å². The van der Waals surface area contributed by atoms with Gasteiger partial charge in [0.15, 0.2) is 5.78 Å². The van der Waals surface area contributed by atoms with E-state index < -0.39 is 11.9 Å². The average Bonchev–Trinajstić information content (AvgIpc) is 2.52. The summed E-state index contributed by atoms with van der Waals surface area (Å²) in [6.45, 7) is 0.396. The first-order chi connectivity index (χ1) is 10.1. The van der Waals surface area contributed by atoms with Crippen LogP contribution in [0.15, 0.2) is 24.4 Å². The number of aromatic nitrogens is 1. The number of hydrogen-bond acceptors (Lipinski definition) is 5. The number of hydrogen-bond donors (Lipinski definition) is 0. The van der Waals surface area contributed by atoms with Crippen LogP contribution in [0.25, 0.3) is 0 Å². The number of methoxy groups -OCH3 is 1. The molecule has 1 aromatic rings. The highest BCUT2D eigenvalue weighted by molar-refractivity contribution is 6.01. The van der Waals surface area contributed by atoms with Gasteiger partial charge < -0.3 is 9.64 Å². The summed E-state index contributed by atoms with van der Waals surface area (Å²) in [4.78, 5) is 41.0. The number of aryl methyl sites for hydroxylation is 1. The number of carbonyl (C=O) groups excluding carboxylic acids is 3. The molecule has 0 aliphatic carbocycles. The number of likely N-dealkylation sites (tertiary alicyclic amines) is 1. The summed E-state index contributed by atoms with van der Waals surface area (Å²) in [6, 6.07) is 5.56. The van der Waals surface area contributed by atoms with Crippen LogP contribution in [-0.2, 0) is 25.5 Å². The zero-order valence-corrected chi connectivity index (χ0v) is 11.9. The summed E-state index contributed by atoms with van der Waals surface area (Å²) in [6.07, 6.45) is 2.88. The van der Waals surface area contributed by atoms with Crippen molar-refractivity contribution in [1.82, 2.24) is 9.88 Å². The number of piperidine rings is 1. The first kappa shape index (κ1) is 15.2. The second-order valence-corrected chi connectivity index (χ2v) is 4.97. The summed E-state index contributed by atoms with van der Waals surface area (Å²) in [5.74, 6) is -1.58. The molecule has 0 N–H and O–H groups in total. The third-order valence-corrected chi connectivity index (χ3v) is 3.58. The maximum atomic E-state index is 12.1. The van der Waals surface area contributed by atoms with Gasteiger partial charge in [-0.25, -0.2) is 0 Å². The minimum atomic E-state index is -0.727. The van der Waals surface area contributed by atoms with Crippen molar-refractivity contribution < 1.29 is 19.1 Å². The van der Waals surface area contributed by atoms with Gasteiger partial charge in [-0.3, -0.25) is 19.4 Å². The predicted octanol–water partition coefficient (Wildman–Crippen LogP) is 0.605. The normalized spacial score (nSPS) is 18.4. The fourth-order valence-electron chi connectivity index (χ4n) is 2.37. The second kappa shape index (κ2) is 6.97. The third-order valence-electron chi connectivity index (χ3n) is 3.58. The molecule has 0 spiro atoms. The lowest BCUT2D eigenvalue weighted by atomic mass is 9.95. The quantitative estimate of drug-likeness (QED) is 0.599. The number of Topliss-reactive ketones (excluding diaryl/α,β-unsaturated/α-hetero) is 1. The lowest BCUT2D eigenvalue weighted by Gasteiger charge is -2.29. The van der Waals surface area contributed by atoms with Crippen molar-refractivity contribution in [3.63, 3.8) is 0 Å². The number of rotatable bonds is 4. The predicted molar refractivity (Wildman–Crippen MR) is 74.3 cm³/mol. The zero-order chi connectivity index (χ0) is 15.2. The highest BCUT2D eigenvalue weighted by Gasteiger charge is 2.34. The van der Waals surface area contributed by atoms with E-state index in [1.807, 2.05) is 18.2 Å². The molecule has 1 unspecified atom stereocenters. The summed E-state index contributed by atoms with van der Waals surface area (Å²) in [5, 5.41) is 0. The van der Waals surface area contributed by atoms with Crippen molar-refractivity contribution in [3.8, 4) is 0 Å². The molecule has 21 heavy (non-hydrogen) atoms. The maximum Gasteiger partial charge on any atom is 0.316 e. The molecule has 1 fully saturated rings. The lowest BCUT2D eigenvalue weighted by molar-refractivity contribution is -0.154. The molecular weight excluding hydrogens is 272 g/mol. The number of esters is 1. The largest absolute Gasteiger partial charge is 0.468 e. The van der Waals surface area contributed by atoms with Gasteiger partial charge >= 0.3 is 5.97 Å². The molecule has 6 nitrogen and oxygen atoms in total. The minimum Gasteiger partial charge on any atom is -0.468 e. The van der Waals surface area contributed by atoms with E-state index in [4.69, 9.17) is 0 Å². The Labute approximate surface area is 123 Å². The molecule has 1 aliphatic rings. The van der Waals surface area contributed by atoms with E-state index in [9.17, 15) is 14.4 Å². The van der Waals surface area contributed by atoms with Crippen LogP contribution in [0.4, 0.5) is 0 Å². The third kappa shape index (κ3) is 3.87. The van der Waals surface area contributed by atoms with Gasteiger partial charge in [0.25, 0.3) is 0 Å². The Balaban J connectivity index is 1.85. The Kier molecular flexibility index (Phi) is 5.03. The van der Waals surface area contributed by atoms with Gasteiger partial charge in [-0.1, -0.05) is 6.07 Å². The summed E-state index contributed by atoms with van der Waals surface area (Å²) < 4.78 is 4.59. The van der Waals surface area contributed by atoms with Crippen molar-refractivity contribution >= 4 is 17.7 Å². The van der Waals surface area contributed by atoms with Gasteiger partial charge in [-0.2, -0.15) is 0 Å². The fourth-order valence-corrected chi connectivity index (χ4v) is 2.37. The molecule has 1 aromatic heterocycles. The van der Waals surface area contributed by atoms with Crippen LogP contribution in [0.5, 0.6) is 0 Å². The average molecular weight is 290 g/mol. The lowest BCUT2D eigenvalue weighted by Crippen LogP contribution is -2.46. The number of nitrogens with zero attached hydrogens (tertiary/aromatic N) is 2. The zero-order valence-electron chi connectivity index (χ0n) is 11.9. The molecule has 1 saturated heterocycles. The first-order valence-electron chi connectivity index (χ1n) is 6.90. The molecule has 112 valence electrons. The van der Waals surface area contributed by atoms with Gasteiger partial charge in [-0.05, 0) is 25.0 Å². The van der Waals surface area contributed by atoms with Gasteiger partial charge in [0, 0.05) is 24.9 Å². The van der Waals surface area contributed by atoms with E-state index in [0.29, 0.717) is 25.8 Å². The Morgan fingerprint density at radius 1 is 1.43 bits per heavy atom. The maximum absolute atomic E-state index is 12.1. The molecule has 6 heteroatoms. The number of ether oxygens (including phenoxy) is 1. The van der Waals surface area contributed by atoms with E-state index in [2.05, 4.69) is 9.72 Å². The van der Waals surface area contributed by atoms with Crippen molar-refractivity contribution in [2.75, 3.05) is 20.2 Å². The Bertz CT molecular complexity index is 530. The number of pyridine rings is 1. The molecule has 0 saturated carbocycles. The van der Waals surface area contributed by atoms with Crippen molar-refractivity contribution in [1.29, 1.82) is 0 Å². The van der Waals surface area contributed by atoms with E-state index in [1.54, 1.807) is 6.20 Å². The molecule has 0 bridgehead atoms. The summed E-state index contributed by atoms with van der Waals surface area (Å²) >= 11 is 0. The number of amides is 1.